The van der Waals surface area contributed by atoms with Crippen molar-refractivity contribution in [2.45, 2.75) is 65.8 Å². The fraction of sp³-hybridized carbons (Fsp3) is 0.421. The van der Waals surface area contributed by atoms with Crippen LogP contribution in [-0.4, -0.2) is 89.3 Å². The molecule has 0 aliphatic carbocycles. The predicted octanol–water partition coefficient (Wildman–Crippen LogP) is 2.62. The molecule has 0 saturated carbocycles. The van der Waals surface area contributed by atoms with E-state index in [1.165, 1.54) is 30.3 Å². The van der Waals surface area contributed by atoms with E-state index >= 15 is 4.39 Å². The molecule has 2 heterocycles. The Morgan fingerprint density at radius 3 is 2.30 bits per heavy atom. The van der Waals surface area contributed by atoms with Gasteiger partial charge in [-0.15, -0.1) is 0 Å². The van der Waals surface area contributed by atoms with Gasteiger partial charge in [-0.3, -0.25) is 14.4 Å². The average molecular weight is 780 g/mol. The van der Waals surface area contributed by atoms with Gasteiger partial charge in [-0.05, 0) is 55.5 Å². The molecule has 1 aliphatic heterocycles. The van der Waals surface area contributed by atoms with Gasteiger partial charge in [0.25, 0.3) is 0 Å². The highest BCUT2D eigenvalue weighted by molar-refractivity contribution is 5.95. The maximum atomic E-state index is 15.3. The van der Waals surface area contributed by atoms with E-state index in [0.29, 0.717) is 54.9 Å². The molecule has 2 atom stereocenters. The molecule has 9 N–H and O–H groups in total. The number of primary amides is 1. The lowest BCUT2D eigenvalue weighted by Crippen LogP contribution is -2.49. The number of piperazine rings is 1. The SMILES string of the molecule is CCn1cc(C(=O)O)c(=O)c2cc(F)c(N3CCN(C(=O)OCc4ccc(NC(=O)[C@H](CCCNC(N)=O)N/C=C(\N)C(NC(C)=O)C(C)C)cc4)CC3)cc21. The second-order valence-electron chi connectivity index (χ2n) is 13.7. The molecule has 0 radical (unpaired) electrons. The highest BCUT2D eigenvalue weighted by Crippen LogP contribution is 2.27. The second kappa shape index (κ2) is 19.3. The summed E-state index contributed by atoms with van der Waals surface area (Å²) in [6, 6.07) is 7.47. The first-order valence-electron chi connectivity index (χ1n) is 18.3. The summed E-state index contributed by atoms with van der Waals surface area (Å²) in [5, 5.41) is 20.6. The smallest absolute Gasteiger partial charge is 0.410 e. The number of nitrogens with zero attached hydrogens (tertiary/aromatic N) is 3. The van der Waals surface area contributed by atoms with Crippen LogP contribution in [0.5, 0.6) is 0 Å². The van der Waals surface area contributed by atoms with Crippen LogP contribution in [0.1, 0.15) is 56.5 Å². The number of anilines is 2. The first kappa shape index (κ1) is 42.4. The molecule has 0 bridgehead atoms. The number of nitrogens with one attached hydrogen (secondary N) is 4. The number of nitrogens with two attached hydrogens (primary N) is 2. The monoisotopic (exact) mass is 779 g/mol. The van der Waals surface area contributed by atoms with Crippen LogP contribution in [0.4, 0.5) is 25.4 Å². The molecular weight excluding hydrogens is 729 g/mol. The summed E-state index contributed by atoms with van der Waals surface area (Å²) < 4.78 is 22.4. The molecule has 1 aromatic heterocycles. The van der Waals surface area contributed by atoms with Crippen molar-refractivity contribution in [3.8, 4) is 0 Å². The van der Waals surface area contributed by atoms with Crippen molar-refractivity contribution >= 4 is 52.2 Å². The number of urea groups is 1. The van der Waals surface area contributed by atoms with Crippen molar-refractivity contribution < 1.29 is 38.2 Å². The largest absolute Gasteiger partial charge is 0.477 e. The highest BCUT2D eigenvalue weighted by Gasteiger charge is 2.26. The second-order valence-corrected chi connectivity index (χ2v) is 13.7. The number of carboxylic acid groups (broad SMARTS) is 1. The van der Waals surface area contributed by atoms with Gasteiger partial charge >= 0.3 is 18.1 Å². The normalized spacial score (nSPS) is 14.2. The Kier molecular flexibility index (Phi) is 14.6. The molecule has 1 fully saturated rings. The molecule has 302 valence electrons. The van der Waals surface area contributed by atoms with Gasteiger partial charge in [-0.25, -0.2) is 18.8 Å². The number of aromatic carboxylic acids is 1. The number of hydrogen-bond donors (Lipinski definition) is 7. The lowest BCUT2D eigenvalue weighted by Gasteiger charge is -2.35. The Balaban J connectivity index is 1.33. The first-order valence-corrected chi connectivity index (χ1v) is 18.3. The summed E-state index contributed by atoms with van der Waals surface area (Å²) in [5.41, 5.74) is 12.4. The number of ether oxygens (including phenoxy) is 1. The van der Waals surface area contributed by atoms with E-state index in [2.05, 4.69) is 21.3 Å². The molecule has 1 aliphatic rings. The summed E-state index contributed by atoms with van der Waals surface area (Å²) in [4.78, 5) is 76.6. The number of carbonyl (C=O) groups is 5. The maximum absolute atomic E-state index is 15.3. The number of aryl methyl sites for hydroxylation is 1. The fourth-order valence-electron chi connectivity index (χ4n) is 6.28. The van der Waals surface area contributed by atoms with Gasteiger partial charge in [0.15, 0.2) is 0 Å². The number of pyridine rings is 1. The number of amides is 5. The van der Waals surface area contributed by atoms with E-state index in [9.17, 15) is 33.9 Å². The van der Waals surface area contributed by atoms with E-state index in [1.807, 2.05) is 13.8 Å². The molecule has 2 aromatic carbocycles. The third-order valence-corrected chi connectivity index (χ3v) is 9.30. The van der Waals surface area contributed by atoms with Gasteiger partial charge < -0.3 is 56.9 Å². The Bertz CT molecular complexity index is 2010. The number of rotatable bonds is 16. The summed E-state index contributed by atoms with van der Waals surface area (Å²) >= 11 is 0. The molecule has 5 amide bonds. The van der Waals surface area contributed by atoms with Crippen molar-refractivity contribution in [3.05, 3.63) is 81.7 Å². The van der Waals surface area contributed by atoms with Crippen LogP contribution in [0.25, 0.3) is 10.9 Å². The number of fused-ring (bicyclic) bond motifs is 1. The quantitative estimate of drug-likeness (QED) is 0.104. The molecule has 3 aromatic rings. The van der Waals surface area contributed by atoms with E-state index in [-0.39, 0.29) is 55.0 Å². The van der Waals surface area contributed by atoms with Crippen molar-refractivity contribution in [2.75, 3.05) is 42.9 Å². The van der Waals surface area contributed by atoms with Crippen molar-refractivity contribution in [1.82, 2.24) is 25.4 Å². The van der Waals surface area contributed by atoms with Gasteiger partial charge in [0.05, 0.1) is 17.2 Å². The third-order valence-electron chi connectivity index (χ3n) is 9.30. The van der Waals surface area contributed by atoms with Gasteiger partial charge in [0, 0.05) is 75.4 Å². The van der Waals surface area contributed by atoms with Crippen molar-refractivity contribution in [1.29, 1.82) is 0 Å². The number of aromatic nitrogens is 1. The van der Waals surface area contributed by atoms with Crippen LogP contribution >= 0.6 is 0 Å². The van der Waals surface area contributed by atoms with Crippen molar-refractivity contribution in [2.24, 2.45) is 17.4 Å². The lowest BCUT2D eigenvalue weighted by molar-refractivity contribution is -0.120. The van der Waals surface area contributed by atoms with Crippen LogP contribution in [0.2, 0.25) is 0 Å². The van der Waals surface area contributed by atoms with Crippen LogP contribution in [0.3, 0.4) is 0 Å². The minimum absolute atomic E-state index is 0.0110. The molecule has 56 heavy (non-hydrogen) atoms. The Hall–Kier alpha value is -6.33. The number of carbonyl (C=O) groups excluding carboxylic acids is 4. The van der Waals surface area contributed by atoms with E-state index in [4.69, 9.17) is 16.2 Å². The van der Waals surface area contributed by atoms with Crippen LogP contribution in [0.15, 0.2) is 59.3 Å². The maximum Gasteiger partial charge on any atom is 0.410 e. The zero-order chi connectivity index (χ0) is 41.1. The van der Waals surface area contributed by atoms with Gasteiger partial charge in [0.2, 0.25) is 17.2 Å². The molecule has 17 nitrogen and oxygen atoms in total. The zero-order valence-electron chi connectivity index (χ0n) is 31.9. The summed E-state index contributed by atoms with van der Waals surface area (Å²) in [6.45, 7) is 8.67. The zero-order valence-corrected chi connectivity index (χ0v) is 31.9. The first-order chi connectivity index (χ1) is 26.6. The molecule has 1 unspecified atom stereocenters. The van der Waals surface area contributed by atoms with Gasteiger partial charge in [-0.2, -0.15) is 0 Å². The average Bonchev–Trinajstić information content (AvgIpc) is 3.15. The van der Waals surface area contributed by atoms with Gasteiger partial charge in [-0.1, -0.05) is 26.0 Å². The molecule has 0 spiro atoms. The fourth-order valence-corrected chi connectivity index (χ4v) is 6.28. The van der Waals surface area contributed by atoms with E-state index in [0.717, 1.165) is 6.07 Å². The molecule has 18 heteroatoms. The number of halogens is 1. The molecule has 1 saturated heterocycles. The Morgan fingerprint density at radius 2 is 1.71 bits per heavy atom. The standard InChI is InChI=1S/C38H50FN9O8/c1-5-46-20-27(36(52)53)34(50)26-17-28(39)32(18-31(26)46)47-13-15-48(16-14-47)38(55)56-21-24-8-10-25(11-9-24)45-35(51)30(7-6-12-42-37(41)54)43-19-29(40)33(22(2)3)44-23(4)49/h8-11,17-20,22,30,33,43H,5-7,12-16,21,40H2,1-4H3,(H,44,49)(H,45,51)(H,52,53)(H3,41,42,54)/b29-19-/t30-,33?/m0/s1. The Labute approximate surface area is 323 Å². The third kappa shape index (κ3) is 11.1. The van der Waals surface area contributed by atoms with E-state index in [1.54, 1.807) is 40.7 Å². The summed E-state index contributed by atoms with van der Waals surface area (Å²) in [7, 11) is 0. The minimum Gasteiger partial charge on any atom is -0.477 e. The molecule has 4 rings (SSSR count). The summed E-state index contributed by atoms with van der Waals surface area (Å²) in [6.07, 6.45) is 2.95. The number of benzene rings is 2. The minimum atomic E-state index is -1.38. The molecular formula is C38H50FN9O8. The van der Waals surface area contributed by atoms with Crippen molar-refractivity contribution in [3.63, 3.8) is 0 Å². The van der Waals surface area contributed by atoms with Crippen LogP contribution < -0.4 is 43.1 Å². The number of carboxylic acids is 1. The number of hydrogen-bond acceptors (Lipinski definition) is 10. The van der Waals surface area contributed by atoms with E-state index < -0.39 is 47.0 Å². The topological polar surface area (TPSA) is 243 Å². The van der Waals surface area contributed by atoms with Gasteiger partial charge in [0.1, 0.15) is 24.0 Å². The lowest BCUT2D eigenvalue weighted by atomic mass is 10.0. The highest BCUT2D eigenvalue weighted by atomic mass is 19.1. The Morgan fingerprint density at radius 1 is 1.04 bits per heavy atom. The predicted molar refractivity (Wildman–Crippen MR) is 208 cm³/mol. The van der Waals surface area contributed by atoms with Crippen LogP contribution in [0, 0.1) is 11.7 Å². The van der Waals surface area contributed by atoms with Crippen LogP contribution in [-0.2, 0) is 27.5 Å². The summed E-state index contributed by atoms with van der Waals surface area (Å²) in [5.74, 6) is -2.68.